The van der Waals surface area contributed by atoms with Gasteiger partial charge < -0.3 is 15.2 Å². The molecule has 2 N–H and O–H groups in total. The maximum Gasteiger partial charge on any atom is 0.191 e. The van der Waals surface area contributed by atoms with Gasteiger partial charge in [-0.2, -0.15) is 0 Å². The molecule has 0 amide bonds. The lowest BCUT2D eigenvalue weighted by Crippen LogP contribution is -2.40. The van der Waals surface area contributed by atoms with Crippen LogP contribution in [0, 0.1) is 6.92 Å². The number of nitrogens with zero attached hydrogens (tertiary/aromatic N) is 4. The monoisotopic (exact) mass is 402 g/mol. The molecular weight excluding hydrogens is 376 g/mol. The van der Waals surface area contributed by atoms with Gasteiger partial charge in [-0.25, -0.2) is 4.99 Å². The molecule has 1 unspecified atom stereocenters. The van der Waals surface area contributed by atoms with Crippen molar-refractivity contribution in [2.75, 3.05) is 13.1 Å². The fourth-order valence-corrected chi connectivity index (χ4v) is 4.09. The summed E-state index contributed by atoms with van der Waals surface area (Å²) in [7, 11) is 1.97. The zero-order valence-electron chi connectivity index (χ0n) is 16.0. The summed E-state index contributed by atoms with van der Waals surface area (Å²) in [5.41, 5.74) is 0. The van der Waals surface area contributed by atoms with Gasteiger partial charge in [0.15, 0.2) is 11.8 Å². The van der Waals surface area contributed by atoms with Crippen molar-refractivity contribution in [3.63, 3.8) is 0 Å². The van der Waals surface area contributed by atoms with Crippen molar-refractivity contribution < 1.29 is 0 Å². The first-order chi connectivity index (χ1) is 13.1. The first-order valence-corrected chi connectivity index (χ1v) is 10.8. The van der Waals surface area contributed by atoms with E-state index < -0.39 is 0 Å². The number of aromatic nitrogens is 3. The maximum atomic E-state index is 4.72. The number of rotatable bonds is 8. The van der Waals surface area contributed by atoms with E-state index in [1.165, 1.54) is 9.75 Å². The van der Waals surface area contributed by atoms with Gasteiger partial charge in [0.2, 0.25) is 0 Å². The minimum atomic E-state index is 0.436. The number of aryl methyl sites for hydroxylation is 1. The summed E-state index contributed by atoms with van der Waals surface area (Å²) in [4.78, 5) is 7.47. The van der Waals surface area contributed by atoms with Crippen molar-refractivity contribution in [1.29, 1.82) is 0 Å². The Morgan fingerprint density at radius 3 is 2.67 bits per heavy atom. The molecule has 3 rings (SSSR count). The van der Waals surface area contributed by atoms with Crippen LogP contribution in [0.1, 0.15) is 34.2 Å². The van der Waals surface area contributed by atoms with Gasteiger partial charge in [-0.1, -0.05) is 19.1 Å². The third-order valence-electron chi connectivity index (χ3n) is 4.41. The average molecular weight is 403 g/mol. The molecule has 27 heavy (non-hydrogen) atoms. The van der Waals surface area contributed by atoms with E-state index in [4.69, 9.17) is 4.99 Å². The Hall–Kier alpha value is -2.19. The third kappa shape index (κ3) is 5.64. The molecule has 0 radical (unpaired) electrons. The topological polar surface area (TPSA) is 67.1 Å². The minimum Gasteiger partial charge on any atom is -0.356 e. The van der Waals surface area contributed by atoms with Crippen LogP contribution in [0.4, 0.5) is 0 Å². The molecule has 0 saturated carbocycles. The number of hydrogen-bond acceptors (Lipinski definition) is 5. The summed E-state index contributed by atoms with van der Waals surface area (Å²) in [6.45, 7) is 6.36. The molecule has 0 aliphatic heterocycles. The van der Waals surface area contributed by atoms with E-state index in [-0.39, 0.29) is 0 Å². The quantitative estimate of drug-likeness (QED) is 0.448. The highest BCUT2D eigenvalue weighted by molar-refractivity contribution is 7.10. The summed E-state index contributed by atoms with van der Waals surface area (Å²) in [5.74, 6) is 3.01. The van der Waals surface area contributed by atoms with Crippen LogP contribution in [-0.2, 0) is 20.0 Å². The Balaban J connectivity index is 1.59. The molecule has 0 aliphatic rings. The Morgan fingerprint density at radius 2 is 2.00 bits per heavy atom. The zero-order chi connectivity index (χ0) is 19.1. The smallest absolute Gasteiger partial charge is 0.191 e. The summed E-state index contributed by atoms with van der Waals surface area (Å²) in [6.07, 6.45) is 0.988. The first-order valence-electron chi connectivity index (χ1n) is 9.06. The lowest BCUT2D eigenvalue weighted by atomic mass is 10.1. The molecule has 6 nitrogen and oxygen atoms in total. The van der Waals surface area contributed by atoms with E-state index in [2.05, 4.69) is 62.8 Å². The molecular formula is C19H26N6S2. The van der Waals surface area contributed by atoms with Crippen molar-refractivity contribution in [3.05, 3.63) is 56.4 Å². The summed E-state index contributed by atoms with van der Waals surface area (Å²) in [6, 6.07) is 8.53. The fraction of sp³-hybridized carbons (Fsp3) is 0.421. The lowest BCUT2D eigenvalue weighted by Gasteiger charge is -2.15. The van der Waals surface area contributed by atoms with Crippen molar-refractivity contribution >= 4 is 28.6 Å². The van der Waals surface area contributed by atoms with Gasteiger partial charge in [-0.05, 0) is 36.2 Å². The fourth-order valence-electron chi connectivity index (χ4n) is 2.59. The lowest BCUT2D eigenvalue weighted by molar-refractivity contribution is 0.698. The second-order valence-corrected chi connectivity index (χ2v) is 8.45. The molecule has 0 aliphatic carbocycles. The number of thiophene rings is 2. The van der Waals surface area contributed by atoms with Crippen molar-refractivity contribution in [3.8, 4) is 0 Å². The molecule has 0 fully saturated rings. The van der Waals surface area contributed by atoms with Gasteiger partial charge in [0.05, 0.1) is 0 Å². The molecule has 0 aromatic carbocycles. The Kier molecular flexibility index (Phi) is 7.00. The van der Waals surface area contributed by atoms with Crippen LogP contribution >= 0.6 is 22.7 Å². The Bertz CT molecular complexity index is 836. The van der Waals surface area contributed by atoms with Crippen molar-refractivity contribution in [1.82, 2.24) is 25.4 Å². The highest BCUT2D eigenvalue weighted by atomic mass is 32.1. The van der Waals surface area contributed by atoms with Gasteiger partial charge >= 0.3 is 0 Å². The predicted octanol–water partition coefficient (Wildman–Crippen LogP) is 3.33. The first kappa shape index (κ1) is 19.6. The Morgan fingerprint density at radius 1 is 1.19 bits per heavy atom. The molecule has 3 aromatic heterocycles. The SMILES string of the molecule is Cc1nnc(CN=C(NCCc2cccs2)NCC(C)c2cccs2)n1C. The molecule has 8 heteroatoms. The normalized spacial score (nSPS) is 12.9. The standard InChI is InChI=1S/C19H26N6S2/c1-14(17-7-5-11-27-17)12-21-19(20-9-8-16-6-4-10-26-16)22-13-18-24-23-15(2)25(18)3/h4-7,10-11,14H,8-9,12-13H2,1-3H3,(H2,20,21,22). The van der Waals surface area contributed by atoms with Gasteiger partial charge in [0.25, 0.3) is 0 Å². The summed E-state index contributed by atoms with van der Waals surface area (Å²) in [5, 5.41) is 19.5. The average Bonchev–Trinajstić information content (AvgIpc) is 3.42. The minimum absolute atomic E-state index is 0.436. The zero-order valence-corrected chi connectivity index (χ0v) is 17.6. The predicted molar refractivity (Wildman–Crippen MR) is 114 cm³/mol. The van der Waals surface area contributed by atoms with Crippen LogP contribution in [0.15, 0.2) is 40.0 Å². The van der Waals surface area contributed by atoms with E-state index in [9.17, 15) is 0 Å². The molecule has 3 aromatic rings. The second kappa shape index (κ2) is 9.66. The highest BCUT2D eigenvalue weighted by Crippen LogP contribution is 2.19. The van der Waals surface area contributed by atoms with Gasteiger partial charge in [-0.15, -0.1) is 32.9 Å². The van der Waals surface area contributed by atoms with Crippen LogP contribution in [0.3, 0.4) is 0 Å². The van der Waals surface area contributed by atoms with Crippen LogP contribution < -0.4 is 10.6 Å². The molecule has 0 spiro atoms. The van der Waals surface area contributed by atoms with E-state index >= 15 is 0 Å². The number of nitrogens with one attached hydrogen (secondary N) is 2. The van der Waals surface area contributed by atoms with Crippen molar-refractivity contribution in [2.45, 2.75) is 32.7 Å². The van der Waals surface area contributed by atoms with E-state index in [1.54, 1.807) is 22.7 Å². The third-order valence-corrected chi connectivity index (χ3v) is 6.45. The van der Waals surface area contributed by atoms with Crippen LogP contribution in [-0.4, -0.2) is 33.8 Å². The number of hydrogen-bond donors (Lipinski definition) is 2. The van der Waals surface area contributed by atoms with Gasteiger partial charge in [0, 0.05) is 35.8 Å². The number of guanidine groups is 1. The van der Waals surface area contributed by atoms with Crippen molar-refractivity contribution in [2.24, 2.45) is 12.0 Å². The largest absolute Gasteiger partial charge is 0.356 e. The van der Waals surface area contributed by atoms with E-state index in [0.29, 0.717) is 12.5 Å². The van der Waals surface area contributed by atoms with Crippen LogP contribution in [0.2, 0.25) is 0 Å². The molecule has 3 heterocycles. The second-order valence-electron chi connectivity index (χ2n) is 6.44. The van der Waals surface area contributed by atoms with Gasteiger partial charge in [0.1, 0.15) is 12.4 Å². The van der Waals surface area contributed by atoms with E-state index in [0.717, 1.165) is 37.1 Å². The Labute approximate surface area is 168 Å². The van der Waals surface area contributed by atoms with E-state index in [1.807, 2.05) is 18.5 Å². The molecule has 0 saturated heterocycles. The van der Waals surface area contributed by atoms with Gasteiger partial charge in [-0.3, -0.25) is 0 Å². The molecule has 0 bridgehead atoms. The summed E-state index contributed by atoms with van der Waals surface area (Å²) < 4.78 is 1.97. The maximum absolute atomic E-state index is 4.72. The molecule has 1 atom stereocenters. The molecule has 144 valence electrons. The van der Waals surface area contributed by atoms with Crippen LogP contribution in [0.5, 0.6) is 0 Å². The summed E-state index contributed by atoms with van der Waals surface area (Å²) >= 11 is 3.58. The highest BCUT2D eigenvalue weighted by Gasteiger charge is 2.09. The number of aliphatic imine (C=N–C) groups is 1. The van der Waals surface area contributed by atoms with Crippen LogP contribution in [0.25, 0.3) is 0 Å².